The van der Waals surface area contributed by atoms with Crippen LogP contribution in [-0.4, -0.2) is 30.6 Å². The highest BCUT2D eigenvalue weighted by Gasteiger charge is 2.13. The van der Waals surface area contributed by atoms with Crippen LogP contribution in [0.2, 0.25) is 0 Å². The summed E-state index contributed by atoms with van der Waals surface area (Å²) in [4.78, 5) is 36.1. The number of esters is 1. The third-order valence-corrected chi connectivity index (χ3v) is 4.55. The Hall–Kier alpha value is -4.46. The van der Waals surface area contributed by atoms with E-state index in [1.165, 1.54) is 6.21 Å². The summed E-state index contributed by atoms with van der Waals surface area (Å²) in [7, 11) is 0. The molecule has 0 bridgehead atoms. The highest BCUT2D eigenvalue weighted by Crippen LogP contribution is 2.16. The Bertz CT molecular complexity index is 1150. The van der Waals surface area contributed by atoms with E-state index in [1.54, 1.807) is 60.7 Å². The molecule has 0 aliphatic rings. The molecule has 0 fully saturated rings. The number of aryl methyl sites for hydroxylation is 1. The zero-order valence-electron chi connectivity index (χ0n) is 18.9. The monoisotopic (exact) mass is 459 g/mol. The van der Waals surface area contributed by atoms with E-state index >= 15 is 0 Å². The van der Waals surface area contributed by atoms with Crippen molar-refractivity contribution in [2.45, 2.75) is 20.3 Å². The van der Waals surface area contributed by atoms with E-state index in [2.05, 4.69) is 15.8 Å². The fourth-order valence-corrected chi connectivity index (χ4v) is 2.74. The van der Waals surface area contributed by atoms with E-state index in [4.69, 9.17) is 9.47 Å². The topological polar surface area (TPSA) is 106 Å². The van der Waals surface area contributed by atoms with Crippen molar-refractivity contribution in [3.8, 4) is 11.5 Å². The van der Waals surface area contributed by atoms with Crippen LogP contribution >= 0.6 is 0 Å². The molecule has 8 heteroatoms. The number of rotatable bonds is 8. The molecule has 0 aromatic heterocycles. The van der Waals surface area contributed by atoms with Gasteiger partial charge in [-0.1, -0.05) is 24.6 Å². The molecule has 0 heterocycles. The van der Waals surface area contributed by atoms with Crippen molar-refractivity contribution in [1.29, 1.82) is 0 Å². The SMILES string of the molecule is CCCOc1ccc(C(=O)Oc2ccc(C=NNC(=O)C(=O)Nc3ccc(C)cc3)cc2)cc1. The number of hydrazone groups is 1. The third-order valence-electron chi connectivity index (χ3n) is 4.55. The molecule has 3 aromatic rings. The first kappa shape index (κ1) is 24.2. The Morgan fingerprint density at radius 2 is 1.50 bits per heavy atom. The molecule has 0 saturated carbocycles. The molecule has 0 unspecified atom stereocenters. The van der Waals surface area contributed by atoms with Crippen LogP contribution in [0.15, 0.2) is 77.9 Å². The number of carbonyl (C=O) groups excluding carboxylic acids is 3. The van der Waals surface area contributed by atoms with Crippen LogP contribution in [0.1, 0.15) is 34.8 Å². The van der Waals surface area contributed by atoms with Crippen LogP contribution in [0.3, 0.4) is 0 Å². The molecule has 0 aliphatic heterocycles. The van der Waals surface area contributed by atoms with Crippen LogP contribution in [0, 0.1) is 6.92 Å². The molecule has 34 heavy (non-hydrogen) atoms. The highest BCUT2D eigenvalue weighted by atomic mass is 16.5. The number of carbonyl (C=O) groups is 3. The molecule has 2 N–H and O–H groups in total. The molecule has 2 amide bonds. The molecule has 0 aliphatic carbocycles. The zero-order valence-corrected chi connectivity index (χ0v) is 18.9. The first-order chi connectivity index (χ1) is 16.4. The predicted molar refractivity (Wildman–Crippen MR) is 129 cm³/mol. The quantitative estimate of drug-likeness (QED) is 0.174. The molecular formula is C26H25N3O5. The molecule has 3 aromatic carbocycles. The Morgan fingerprint density at radius 3 is 2.15 bits per heavy atom. The zero-order chi connectivity index (χ0) is 24.3. The number of nitrogens with zero attached hydrogens (tertiary/aromatic N) is 1. The lowest BCUT2D eigenvalue weighted by atomic mass is 10.2. The highest BCUT2D eigenvalue weighted by molar-refractivity contribution is 6.39. The van der Waals surface area contributed by atoms with E-state index in [9.17, 15) is 14.4 Å². The predicted octanol–water partition coefficient (Wildman–Crippen LogP) is 4.09. The summed E-state index contributed by atoms with van der Waals surface area (Å²) in [5, 5.41) is 6.27. The van der Waals surface area contributed by atoms with Crippen molar-refractivity contribution in [3.05, 3.63) is 89.5 Å². The summed E-state index contributed by atoms with van der Waals surface area (Å²) < 4.78 is 10.9. The summed E-state index contributed by atoms with van der Waals surface area (Å²) in [6.45, 7) is 4.56. The van der Waals surface area contributed by atoms with Crippen molar-refractivity contribution >= 4 is 29.7 Å². The van der Waals surface area contributed by atoms with Crippen molar-refractivity contribution < 1.29 is 23.9 Å². The van der Waals surface area contributed by atoms with Crippen molar-refractivity contribution in [3.63, 3.8) is 0 Å². The minimum atomic E-state index is -0.895. The van der Waals surface area contributed by atoms with E-state index in [1.807, 2.05) is 26.0 Å². The second kappa shape index (κ2) is 12.0. The fourth-order valence-electron chi connectivity index (χ4n) is 2.74. The maximum absolute atomic E-state index is 12.3. The van der Waals surface area contributed by atoms with Gasteiger partial charge in [0.05, 0.1) is 18.4 Å². The van der Waals surface area contributed by atoms with Crippen molar-refractivity contribution in [2.24, 2.45) is 5.10 Å². The molecule has 174 valence electrons. The average molecular weight is 460 g/mol. The van der Waals surface area contributed by atoms with Crippen LogP contribution in [0.5, 0.6) is 11.5 Å². The fraction of sp³-hybridized carbons (Fsp3) is 0.154. The van der Waals surface area contributed by atoms with E-state index in [0.717, 1.165) is 12.0 Å². The lowest BCUT2D eigenvalue weighted by Gasteiger charge is -2.07. The largest absolute Gasteiger partial charge is 0.494 e. The van der Waals surface area contributed by atoms with Crippen LogP contribution in [0.4, 0.5) is 5.69 Å². The van der Waals surface area contributed by atoms with E-state index < -0.39 is 17.8 Å². The molecular weight excluding hydrogens is 434 g/mol. The number of nitrogens with one attached hydrogen (secondary N) is 2. The van der Waals surface area contributed by atoms with E-state index in [-0.39, 0.29) is 0 Å². The number of amides is 2. The molecule has 8 nitrogen and oxygen atoms in total. The number of ether oxygens (including phenoxy) is 2. The summed E-state index contributed by atoms with van der Waals surface area (Å²) in [6, 6.07) is 20.3. The lowest BCUT2D eigenvalue weighted by molar-refractivity contribution is -0.136. The van der Waals surface area contributed by atoms with Gasteiger partial charge in [-0.15, -0.1) is 0 Å². The second-order valence-corrected chi connectivity index (χ2v) is 7.35. The van der Waals surface area contributed by atoms with Gasteiger partial charge in [0.2, 0.25) is 0 Å². The Morgan fingerprint density at radius 1 is 0.853 bits per heavy atom. The smallest absolute Gasteiger partial charge is 0.343 e. The van der Waals surface area contributed by atoms with Gasteiger partial charge in [0, 0.05) is 5.69 Å². The first-order valence-corrected chi connectivity index (χ1v) is 10.7. The van der Waals surface area contributed by atoms with Gasteiger partial charge in [-0.2, -0.15) is 5.10 Å². The number of anilines is 1. The molecule has 0 atom stereocenters. The summed E-state index contributed by atoms with van der Waals surface area (Å²) in [5.74, 6) is -1.16. The summed E-state index contributed by atoms with van der Waals surface area (Å²) in [5.41, 5.74) is 4.77. The number of hydrogen-bond acceptors (Lipinski definition) is 6. The van der Waals surface area contributed by atoms with Gasteiger partial charge in [0.15, 0.2) is 0 Å². The number of benzene rings is 3. The Kier molecular flexibility index (Phi) is 8.51. The van der Waals surface area contributed by atoms with E-state index in [0.29, 0.717) is 34.9 Å². The van der Waals surface area contributed by atoms with Gasteiger partial charge in [0.25, 0.3) is 0 Å². The Labute approximate surface area is 197 Å². The average Bonchev–Trinajstić information content (AvgIpc) is 2.85. The van der Waals surface area contributed by atoms with Gasteiger partial charge in [-0.3, -0.25) is 9.59 Å². The van der Waals surface area contributed by atoms with Crippen LogP contribution in [0.25, 0.3) is 0 Å². The standard InChI is InChI=1S/C26H25N3O5/c1-3-16-33-22-14-8-20(9-15-22)26(32)34-23-12-6-19(7-13-23)17-27-29-25(31)24(30)28-21-10-4-18(2)5-11-21/h4-15,17H,3,16H2,1-2H3,(H,28,30)(H,29,31). The molecule has 0 spiro atoms. The van der Waals surface area contributed by atoms with Crippen molar-refractivity contribution in [1.82, 2.24) is 5.43 Å². The van der Waals surface area contributed by atoms with Crippen LogP contribution < -0.4 is 20.2 Å². The number of hydrogen-bond donors (Lipinski definition) is 2. The van der Waals surface area contributed by atoms with Crippen molar-refractivity contribution in [2.75, 3.05) is 11.9 Å². The normalized spacial score (nSPS) is 10.5. The summed E-state index contributed by atoms with van der Waals surface area (Å²) >= 11 is 0. The first-order valence-electron chi connectivity index (χ1n) is 10.7. The molecule has 0 radical (unpaired) electrons. The molecule has 0 saturated heterocycles. The Balaban J connectivity index is 1.48. The van der Waals surface area contributed by atoms with Gasteiger partial charge >= 0.3 is 17.8 Å². The lowest BCUT2D eigenvalue weighted by Crippen LogP contribution is -2.32. The van der Waals surface area contributed by atoms with Gasteiger partial charge in [-0.25, -0.2) is 10.2 Å². The second-order valence-electron chi connectivity index (χ2n) is 7.35. The maximum atomic E-state index is 12.3. The minimum absolute atomic E-state index is 0.356. The maximum Gasteiger partial charge on any atom is 0.343 e. The van der Waals surface area contributed by atoms with Crippen LogP contribution in [-0.2, 0) is 9.59 Å². The van der Waals surface area contributed by atoms with Gasteiger partial charge in [0.1, 0.15) is 11.5 Å². The molecule has 3 rings (SSSR count). The minimum Gasteiger partial charge on any atom is -0.494 e. The van der Waals surface area contributed by atoms with Gasteiger partial charge in [-0.05, 0) is 79.6 Å². The third kappa shape index (κ3) is 7.30. The van der Waals surface area contributed by atoms with Gasteiger partial charge < -0.3 is 14.8 Å². The summed E-state index contributed by atoms with van der Waals surface area (Å²) in [6.07, 6.45) is 2.28.